The molecule has 0 aliphatic carbocycles. The van der Waals surface area contributed by atoms with Crippen molar-refractivity contribution in [2.24, 2.45) is 5.92 Å². The van der Waals surface area contributed by atoms with Gasteiger partial charge in [-0.1, -0.05) is 278 Å². The fourth-order valence-corrected chi connectivity index (χ4v) is 8.57. The van der Waals surface area contributed by atoms with E-state index in [1.807, 2.05) is 0 Å². The molecule has 0 bridgehead atoms. The summed E-state index contributed by atoms with van der Waals surface area (Å²) in [6.07, 6.45) is 54.0. The van der Waals surface area contributed by atoms with Gasteiger partial charge in [0.15, 0.2) is 6.10 Å². The van der Waals surface area contributed by atoms with Crippen LogP contribution in [0.5, 0.6) is 0 Å². The maximum absolute atomic E-state index is 12.7. The molecule has 0 unspecified atom stereocenters. The van der Waals surface area contributed by atoms with Crippen molar-refractivity contribution in [2.45, 2.75) is 323 Å². The van der Waals surface area contributed by atoms with Crippen LogP contribution in [0.4, 0.5) is 0 Å². The zero-order valence-corrected chi connectivity index (χ0v) is 42.3. The standard InChI is InChI=1S/C56H108O6/c1-5-7-9-11-13-14-15-16-17-23-26-29-32-36-39-43-47-54(57)60-50-53(62-56(59)49-45-41-34-12-10-8-6-2)51-61-55(58)48-44-40-37-33-30-27-24-21-19-18-20-22-25-28-31-35-38-42-46-52(3)4/h52-53H,5-51H2,1-4H3/t53-/m0/s1. The lowest BCUT2D eigenvalue weighted by atomic mass is 10.0. The Hall–Kier alpha value is -1.59. The molecule has 0 amide bonds. The lowest BCUT2D eigenvalue weighted by Crippen LogP contribution is -2.30. The van der Waals surface area contributed by atoms with Crippen molar-refractivity contribution in [3.8, 4) is 0 Å². The first-order valence-corrected chi connectivity index (χ1v) is 27.9. The second-order valence-electron chi connectivity index (χ2n) is 19.7. The average Bonchev–Trinajstić information content (AvgIpc) is 3.26. The molecule has 6 heteroatoms. The maximum atomic E-state index is 12.7. The molecule has 0 saturated carbocycles. The maximum Gasteiger partial charge on any atom is 0.306 e. The molecule has 0 rings (SSSR count). The predicted octanol–water partition coefficient (Wildman–Crippen LogP) is 18.2. The Kier molecular flexibility index (Phi) is 49.1. The third-order valence-corrected chi connectivity index (χ3v) is 12.8. The van der Waals surface area contributed by atoms with Crippen LogP contribution in [0.2, 0.25) is 0 Å². The van der Waals surface area contributed by atoms with E-state index in [9.17, 15) is 14.4 Å². The first-order chi connectivity index (χ1) is 30.4. The lowest BCUT2D eigenvalue weighted by Gasteiger charge is -2.18. The van der Waals surface area contributed by atoms with E-state index in [0.717, 1.165) is 63.7 Å². The minimum absolute atomic E-state index is 0.0629. The van der Waals surface area contributed by atoms with Crippen LogP contribution in [-0.2, 0) is 28.6 Å². The van der Waals surface area contributed by atoms with Gasteiger partial charge in [-0.25, -0.2) is 0 Å². The quantitative estimate of drug-likeness (QED) is 0.0344. The highest BCUT2D eigenvalue weighted by molar-refractivity contribution is 5.71. The van der Waals surface area contributed by atoms with Crippen LogP contribution < -0.4 is 0 Å². The second kappa shape index (κ2) is 50.4. The molecule has 0 fully saturated rings. The largest absolute Gasteiger partial charge is 0.462 e. The van der Waals surface area contributed by atoms with Gasteiger partial charge in [0, 0.05) is 19.3 Å². The molecule has 6 nitrogen and oxygen atoms in total. The summed E-state index contributed by atoms with van der Waals surface area (Å²) in [5.41, 5.74) is 0. The van der Waals surface area contributed by atoms with E-state index in [-0.39, 0.29) is 31.1 Å². The highest BCUT2D eigenvalue weighted by Gasteiger charge is 2.19. The first kappa shape index (κ1) is 60.4. The van der Waals surface area contributed by atoms with E-state index < -0.39 is 6.10 Å². The fourth-order valence-electron chi connectivity index (χ4n) is 8.57. The van der Waals surface area contributed by atoms with Crippen LogP contribution in [0, 0.1) is 5.92 Å². The number of hydrogen-bond acceptors (Lipinski definition) is 6. The minimum Gasteiger partial charge on any atom is -0.462 e. The number of rotatable bonds is 51. The third kappa shape index (κ3) is 49.4. The van der Waals surface area contributed by atoms with E-state index in [2.05, 4.69) is 27.7 Å². The molecule has 0 heterocycles. The van der Waals surface area contributed by atoms with Crippen LogP contribution in [0.15, 0.2) is 0 Å². The summed E-state index contributed by atoms with van der Waals surface area (Å²) in [4.78, 5) is 37.9. The van der Waals surface area contributed by atoms with Gasteiger partial charge in [-0.15, -0.1) is 0 Å². The van der Waals surface area contributed by atoms with Crippen molar-refractivity contribution in [2.75, 3.05) is 13.2 Å². The Morgan fingerprint density at radius 1 is 0.306 bits per heavy atom. The Labute approximate surface area is 387 Å². The van der Waals surface area contributed by atoms with Crippen LogP contribution >= 0.6 is 0 Å². The van der Waals surface area contributed by atoms with E-state index in [4.69, 9.17) is 14.2 Å². The van der Waals surface area contributed by atoms with Gasteiger partial charge in [0.05, 0.1) is 0 Å². The molecule has 0 aliphatic rings. The van der Waals surface area contributed by atoms with Gasteiger partial charge in [0.2, 0.25) is 0 Å². The Morgan fingerprint density at radius 2 is 0.532 bits per heavy atom. The number of carbonyl (C=O) groups is 3. The average molecular weight is 877 g/mol. The Morgan fingerprint density at radius 3 is 0.790 bits per heavy atom. The second-order valence-corrected chi connectivity index (χ2v) is 19.7. The summed E-state index contributed by atoms with van der Waals surface area (Å²) >= 11 is 0. The summed E-state index contributed by atoms with van der Waals surface area (Å²) in [5.74, 6) is 0.0125. The summed E-state index contributed by atoms with van der Waals surface area (Å²) in [6.45, 7) is 9.02. The van der Waals surface area contributed by atoms with Crippen LogP contribution in [0.3, 0.4) is 0 Å². The van der Waals surface area contributed by atoms with Crippen LogP contribution in [0.25, 0.3) is 0 Å². The zero-order chi connectivity index (χ0) is 45.2. The van der Waals surface area contributed by atoms with Crippen LogP contribution in [0.1, 0.15) is 317 Å². The van der Waals surface area contributed by atoms with Crippen molar-refractivity contribution in [1.82, 2.24) is 0 Å². The molecule has 0 aromatic heterocycles. The number of unbranched alkanes of at least 4 members (excludes halogenated alkanes) is 38. The van der Waals surface area contributed by atoms with Crippen molar-refractivity contribution in [3.63, 3.8) is 0 Å². The summed E-state index contributed by atoms with van der Waals surface area (Å²) < 4.78 is 16.8. The number of carbonyl (C=O) groups excluding carboxylic acids is 3. The molecular weight excluding hydrogens is 769 g/mol. The molecule has 0 spiro atoms. The zero-order valence-electron chi connectivity index (χ0n) is 42.3. The SMILES string of the molecule is CCCCCCCCCCCCCCCCCCC(=O)OC[C@@H](COC(=O)CCCCCCCCCCCCCCCCCCCCC(C)C)OC(=O)CCCCCCCCC. The molecule has 0 aliphatic heterocycles. The minimum atomic E-state index is -0.759. The smallest absolute Gasteiger partial charge is 0.306 e. The first-order valence-electron chi connectivity index (χ1n) is 27.9. The molecule has 0 aromatic rings. The third-order valence-electron chi connectivity index (χ3n) is 12.8. The molecular formula is C56H108O6. The molecule has 62 heavy (non-hydrogen) atoms. The van der Waals surface area contributed by atoms with E-state index in [0.29, 0.717) is 19.3 Å². The van der Waals surface area contributed by atoms with Gasteiger partial charge in [-0.2, -0.15) is 0 Å². The van der Waals surface area contributed by atoms with E-state index >= 15 is 0 Å². The van der Waals surface area contributed by atoms with Crippen molar-refractivity contribution in [3.05, 3.63) is 0 Å². The van der Waals surface area contributed by atoms with Crippen LogP contribution in [-0.4, -0.2) is 37.2 Å². The van der Waals surface area contributed by atoms with Crippen molar-refractivity contribution >= 4 is 17.9 Å². The summed E-state index contributed by atoms with van der Waals surface area (Å²) in [6, 6.07) is 0. The van der Waals surface area contributed by atoms with E-state index in [1.165, 1.54) is 212 Å². The molecule has 0 N–H and O–H groups in total. The van der Waals surface area contributed by atoms with Crippen molar-refractivity contribution < 1.29 is 28.6 Å². The monoisotopic (exact) mass is 877 g/mol. The molecule has 0 aromatic carbocycles. The van der Waals surface area contributed by atoms with Gasteiger partial charge in [0.1, 0.15) is 13.2 Å². The Bertz CT molecular complexity index is 933. The molecule has 1 atom stereocenters. The van der Waals surface area contributed by atoms with Crippen molar-refractivity contribution in [1.29, 1.82) is 0 Å². The van der Waals surface area contributed by atoms with E-state index in [1.54, 1.807) is 0 Å². The lowest BCUT2D eigenvalue weighted by molar-refractivity contribution is -0.167. The fraction of sp³-hybridized carbons (Fsp3) is 0.946. The van der Waals surface area contributed by atoms with Gasteiger partial charge in [0.25, 0.3) is 0 Å². The normalized spacial score (nSPS) is 12.0. The molecule has 368 valence electrons. The summed E-state index contributed by atoms with van der Waals surface area (Å²) in [7, 11) is 0. The summed E-state index contributed by atoms with van der Waals surface area (Å²) in [5, 5.41) is 0. The number of ether oxygens (including phenoxy) is 3. The highest BCUT2D eigenvalue weighted by atomic mass is 16.6. The Balaban J connectivity index is 4.09. The topological polar surface area (TPSA) is 78.9 Å². The predicted molar refractivity (Wildman–Crippen MR) is 266 cm³/mol. The van der Waals surface area contributed by atoms with Gasteiger partial charge < -0.3 is 14.2 Å². The number of hydrogen-bond donors (Lipinski definition) is 0. The van der Waals surface area contributed by atoms with Gasteiger partial charge >= 0.3 is 17.9 Å². The molecule has 0 saturated heterocycles. The number of esters is 3. The molecule has 0 radical (unpaired) electrons. The van der Waals surface area contributed by atoms with Gasteiger partial charge in [-0.3, -0.25) is 14.4 Å². The van der Waals surface area contributed by atoms with Gasteiger partial charge in [-0.05, 0) is 25.2 Å². The highest BCUT2D eigenvalue weighted by Crippen LogP contribution is 2.18.